The van der Waals surface area contributed by atoms with E-state index in [-0.39, 0.29) is 30.9 Å². The first-order chi connectivity index (χ1) is 15.4. The van der Waals surface area contributed by atoms with Gasteiger partial charge in [0.25, 0.3) is 0 Å². The molecule has 8 heteroatoms. The minimum atomic E-state index is -1.04. The van der Waals surface area contributed by atoms with Crippen LogP contribution in [0.2, 0.25) is 0 Å². The molecule has 174 valence electrons. The molecule has 1 spiro atoms. The number of aliphatic hydroxyl groups is 1. The number of carbonyl (C=O) groups is 3. The van der Waals surface area contributed by atoms with E-state index in [1.54, 1.807) is 0 Å². The summed E-state index contributed by atoms with van der Waals surface area (Å²) in [5.41, 5.74) is -0.863. The lowest BCUT2D eigenvalue weighted by Gasteiger charge is -2.33. The Balaban J connectivity index is 1.60. The molecule has 1 aromatic carbocycles. The molecule has 0 saturated carbocycles. The molecule has 3 heterocycles. The van der Waals surface area contributed by atoms with Crippen molar-refractivity contribution < 1.29 is 24.2 Å². The van der Waals surface area contributed by atoms with Crippen molar-refractivity contribution in [3.05, 3.63) is 35.9 Å². The molecule has 0 radical (unpaired) electrons. The Hall–Kier alpha value is -2.45. The standard InChI is InChI=1S/C24H33N3O5/c1-3-4-12-25-21(30)19-24-11-10-23(2,32-24)17(18(24)22(31)27(19)13-14-28)20(29)26-15-16-8-6-5-7-9-16/h5-9,17-19,28H,3-4,10-15H2,1-2H3,(H,25,30)(H,26,29)/t17-,18+,19?,23+,24?/m1/s1. The molecule has 3 aliphatic rings. The number of fused-ring (bicyclic) bond motifs is 1. The van der Waals surface area contributed by atoms with Crippen molar-refractivity contribution in [1.82, 2.24) is 15.5 Å². The van der Waals surface area contributed by atoms with Crippen LogP contribution in [-0.2, 0) is 25.7 Å². The van der Waals surface area contributed by atoms with Gasteiger partial charge in [-0.3, -0.25) is 14.4 Å². The van der Waals surface area contributed by atoms with Gasteiger partial charge in [-0.1, -0.05) is 43.7 Å². The summed E-state index contributed by atoms with van der Waals surface area (Å²) in [6, 6.07) is 8.76. The summed E-state index contributed by atoms with van der Waals surface area (Å²) >= 11 is 0. The first kappa shape index (κ1) is 22.7. The summed E-state index contributed by atoms with van der Waals surface area (Å²) in [4.78, 5) is 41.5. The topological polar surface area (TPSA) is 108 Å². The Morgan fingerprint density at radius 2 is 1.94 bits per heavy atom. The molecule has 2 bridgehead atoms. The number of aliphatic hydroxyl groups excluding tert-OH is 1. The van der Waals surface area contributed by atoms with Crippen LogP contribution < -0.4 is 10.6 Å². The molecule has 8 nitrogen and oxygen atoms in total. The molecule has 4 rings (SSSR count). The van der Waals surface area contributed by atoms with Gasteiger partial charge in [0.1, 0.15) is 11.6 Å². The smallest absolute Gasteiger partial charge is 0.245 e. The monoisotopic (exact) mass is 443 g/mol. The Morgan fingerprint density at radius 3 is 2.62 bits per heavy atom. The van der Waals surface area contributed by atoms with Crippen molar-refractivity contribution >= 4 is 17.7 Å². The van der Waals surface area contributed by atoms with Crippen LogP contribution in [0, 0.1) is 11.8 Å². The van der Waals surface area contributed by atoms with Gasteiger partial charge in [0.05, 0.1) is 24.0 Å². The van der Waals surface area contributed by atoms with Crippen LogP contribution >= 0.6 is 0 Å². The highest BCUT2D eigenvalue weighted by Gasteiger charge is 2.77. The van der Waals surface area contributed by atoms with Crippen molar-refractivity contribution in [2.45, 2.75) is 63.3 Å². The Bertz CT molecular complexity index is 878. The average Bonchev–Trinajstić information content (AvgIpc) is 3.34. The van der Waals surface area contributed by atoms with Gasteiger partial charge in [0, 0.05) is 19.6 Å². The minimum Gasteiger partial charge on any atom is -0.395 e. The van der Waals surface area contributed by atoms with E-state index in [0.717, 1.165) is 18.4 Å². The third-order valence-electron chi connectivity index (χ3n) is 7.29. The number of hydrogen-bond acceptors (Lipinski definition) is 5. The summed E-state index contributed by atoms with van der Waals surface area (Å²) in [6.07, 6.45) is 2.92. The molecular weight excluding hydrogens is 410 g/mol. The summed E-state index contributed by atoms with van der Waals surface area (Å²) in [6.45, 7) is 4.59. The Labute approximate surface area is 188 Å². The predicted molar refractivity (Wildman–Crippen MR) is 117 cm³/mol. The molecule has 3 aliphatic heterocycles. The highest BCUT2D eigenvalue weighted by molar-refractivity contribution is 5.99. The van der Waals surface area contributed by atoms with Crippen LogP contribution in [0.25, 0.3) is 0 Å². The Kier molecular flexibility index (Phi) is 6.27. The normalized spacial score (nSPS) is 32.8. The molecule has 3 N–H and O–H groups in total. The molecule has 1 aromatic rings. The van der Waals surface area contributed by atoms with E-state index in [0.29, 0.717) is 25.9 Å². The zero-order chi connectivity index (χ0) is 22.9. The lowest BCUT2D eigenvalue weighted by Crippen LogP contribution is -2.55. The molecule has 32 heavy (non-hydrogen) atoms. The van der Waals surface area contributed by atoms with E-state index in [1.165, 1.54) is 4.90 Å². The molecule has 3 fully saturated rings. The predicted octanol–water partition coefficient (Wildman–Crippen LogP) is 0.976. The van der Waals surface area contributed by atoms with Crippen molar-refractivity contribution in [1.29, 1.82) is 0 Å². The summed E-state index contributed by atoms with van der Waals surface area (Å²) in [5.74, 6) is -2.19. The summed E-state index contributed by atoms with van der Waals surface area (Å²) < 4.78 is 6.48. The van der Waals surface area contributed by atoms with Gasteiger partial charge >= 0.3 is 0 Å². The number of benzene rings is 1. The molecule has 0 aromatic heterocycles. The SMILES string of the molecule is CCCCNC(=O)C1N(CCO)C(=O)[C@@H]2[C@H](C(=O)NCc3ccccc3)[C@]3(C)CCC12O3. The second-order valence-electron chi connectivity index (χ2n) is 9.33. The lowest BCUT2D eigenvalue weighted by atomic mass is 9.66. The third kappa shape index (κ3) is 3.59. The third-order valence-corrected chi connectivity index (χ3v) is 7.29. The van der Waals surface area contributed by atoms with Crippen LogP contribution in [0.5, 0.6) is 0 Å². The molecule has 2 unspecified atom stereocenters. The van der Waals surface area contributed by atoms with Crippen molar-refractivity contribution in [3.8, 4) is 0 Å². The van der Waals surface area contributed by atoms with Crippen LogP contribution in [0.1, 0.15) is 45.1 Å². The van der Waals surface area contributed by atoms with E-state index in [9.17, 15) is 19.5 Å². The maximum absolute atomic E-state index is 13.5. The van der Waals surface area contributed by atoms with Crippen LogP contribution in [0.3, 0.4) is 0 Å². The maximum atomic E-state index is 13.5. The number of unbranched alkanes of at least 4 members (excludes halogenated alkanes) is 1. The fourth-order valence-corrected chi connectivity index (χ4v) is 5.86. The van der Waals surface area contributed by atoms with E-state index >= 15 is 0 Å². The number of hydrogen-bond donors (Lipinski definition) is 3. The fourth-order valence-electron chi connectivity index (χ4n) is 5.86. The maximum Gasteiger partial charge on any atom is 0.245 e. The second-order valence-corrected chi connectivity index (χ2v) is 9.33. The second kappa shape index (κ2) is 8.83. The number of likely N-dealkylation sites (tertiary alicyclic amines) is 1. The molecule has 0 aliphatic carbocycles. The zero-order valence-electron chi connectivity index (χ0n) is 18.8. The summed E-state index contributed by atoms with van der Waals surface area (Å²) in [7, 11) is 0. The number of amides is 3. The van der Waals surface area contributed by atoms with E-state index in [1.807, 2.05) is 44.2 Å². The van der Waals surface area contributed by atoms with Crippen molar-refractivity contribution in [3.63, 3.8) is 0 Å². The van der Waals surface area contributed by atoms with E-state index < -0.39 is 29.1 Å². The summed E-state index contributed by atoms with van der Waals surface area (Å²) in [5, 5.41) is 15.5. The first-order valence-electron chi connectivity index (χ1n) is 11.6. The molecule has 3 amide bonds. The van der Waals surface area contributed by atoms with Gasteiger partial charge in [-0.2, -0.15) is 0 Å². The van der Waals surface area contributed by atoms with Crippen molar-refractivity contribution in [2.75, 3.05) is 19.7 Å². The van der Waals surface area contributed by atoms with Gasteiger partial charge in [-0.15, -0.1) is 0 Å². The molecule has 5 atom stereocenters. The Morgan fingerprint density at radius 1 is 1.19 bits per heavy atom. The van der Waals surface area contributed by atoms with E-state index in [2.05, 4.69) is 10.6 Å². The van der Waals surface area contributed by atoms with Crippen LogP contribution in [-0.4, -0.2) is 64.7 Å². The number of carbonyl (C=O) groups excluding carboxylic acids is 3. The average molecular weight is 444 g/mol. The van der Waals surface area contributed by atoms with Gasteiger partial charge in [-0.25, -0.2) is 0 Å². The van der Waals surface area contributed by atoms with Crippen LogP contribution in [0.15, 0.2) is 30.3 Å². The molecule has 3 saturated heterocycles. The van der Waals surface area contributed by atoms with Crippen LogP contribution in [0.4, 0.5) is 0 Å². The van der Waals surface area contributed by atoms with Gasteiger partial charge in [0.2, 0.25) is 17.7 Å². The van der Waals surface area contributed by atoms with Gasteiger partial charge < -0.3 is 25.4 Å². The van der Waals surface area contributed by atoms with Crippen molar-refractivity contribution in [2.24, 2.45) is 11.8 Å². The number of rotatable bonds is 9. The number of nitrogens with one attached hydrogen (secondary N) is 2. The first-order valence-corrected chi connectivity index (χ1v) is 11.6. The highest BCUT2D eigenvalue weighted by atomic mass is 16.5. The minimum absolute atomic E-state index is 0.0430. The fraction of sp³-hybridized carbons (Fsp3) is 0.625. The highest BCUT2D eigenvalue weighted by Crippen LogP contribution is 2.63. The lowest BCUT2D eigenvalue weighted by molar-refractivity contribution is -0.146. The van der Waals surface area contributed by atoms with Gasteiger partial charge in [-0.05, 0) is 31.7 Å². The number of ether oxygens (including phenoxy) is 1. The number of β-amino-alcohol motifs (C(OH)–C–C–N with tert-alkyl or cyclic N) is 1. The largest absolute Gasteiger partial charge is 0.395 e. The van der Waals surface area contributed by atoms with E-state index in [4.69, 9.17) is 4.74 Å². The molecular formula is C24H33N3O5. The van der Waals surface area contributed by atoms with Gasteiger partial charge in [0.15, 0.2) is 0 Å². The quantitative estimate of drug-likeness (QED) is 0.493. The number of nitrogens with zero attached hydrogens (tertiary/aromatic N) is 1. The zero-order valence-corrected chi connectivity index (χ0v) is 18.8.